The van der Waals surface area contributed by atoms with Crippen LogP contribution in [0.25, 0.3) is 33.7 Å². The van der Waals surface area contributed by atoms with Crippen molar-refractivity contribution in [3.63, 3.8) is 0 Å². The first kappa shape index (κ1) is 17.3. The molecule has 5 heteroatoms. The van der Waals surface area contributed by atoms with Gasteiger partial charge < -0.3 is 0 Å². The molecule has 0 aliphatic rings. The Labute approximate surface area is 157 Å². The second-order valence-corrected chi connectivity index (χ2v) is 6.79. The molecule has 0 fully saturated rings. The number of aromatic nitrogens is 4. The summed E-state index contributed by atoms with van der Waals surface area (Å²) in [5.74, 6) is 0.315. The third-order valence-electron chi connectivity index (χ3n) is 4.67. The van der Waals surface area contributed by atoms with Crippen molar-refractivity contribution in [1.29, 1.82) is 0 Å². The van der Waals surface area contributed by atoms with Gasteiger partial charge in [0.05, 0.1) is 5.69 Å². The molecule has 0 atom stereocenters. The Morgan fingerprint density at radius 1 is 0.926 bits per heavy atom. The van der Waals surface area contributed by atoms with Crippen LogP contribution in [0.1, 0.15) is 24.6 Å². The summed E-state index contributed by atoms with van der Waals surface area (Å²) in [4.78, 5) is 9.64. The van der Waals surface area contributed by atoms with E-state index in [1.54, 1.807) is 12.1 Å². The van der Waals surface area contributed by atoms with Crippen LogP contribution in [-0.4, -0.2) is 19.7 Å². The van der Waals surface area contributed by atoms with Crippen LogP contribution in [-0.2, 0) is 13.5 Å². The number of rotatable bonds is 4. The molecular weight excluding hydrogens is 339 g/mol. The van der Waals surface area contributed by atoms with E-state index in [2.05, 4.69) is 43.2 Å². The van der Waals surface area contributed by atoms with Crippen molar-refractivity contribution in [2.75, 3.05) is 0 Å². The van der Waals surface area contributed by atoms with Crippen LogP contribution in [0.2, 0.25) is 0 Å². The molecule has 0 radical (unpaired) electrons. The van der Waals surface area contributed by atoms with E-state index in [0.717, 1.165) is 46.4 Å². The number of hydrogen-bond donors (Lipinski definition) is 0. The first-order valence-electron chi connectivity index (χ1n) is 9.13. The molecule has 27 heavy (non-hydrogen) atoms. The van der Waals surface area contributed by atoms with E-state index in [1.807, 2.05) is 11.7 Å². The quantitative estimate of drug-likeness (QED) is 0.509. The fraction of sp³-hybridized carbons (Fsp3) is 0.227. The summed E-state index contributed by atoms with van der Waals surface area (Å²) in [6.45, 7) is 4.19. The molecule has 0 N–H and O–H groups in total. The topological polar surface area (TPSA) is 43.6 Å². The fourth-order valence-electron chi connectivity index (χ4n) is 3.29. The molecule has 0 bridgehead atoms. The maximum Gasteiger partial charge on any atom is 0.160 e. The molecule has 136 valence electrons. The van der Waals surface area contributed by atoms with Crippen LogP contribution in [0.3, 0.4) is 0 Å². The van der Waals surface area contributed by atoms with Crippen LogP contribution >= 0.6 is 0 Å². The summed E-state index contributed by atoms with van der Waals surface area (Å²) in [6, 6.07) is 14.6. The van der Waals surface area contributed by atoms with Gasteiger partial charge in [-0.3, -0.25) is 4.68 Å². The third-order valence-corrected chi connectivity index (χ3v) is 4.67. The zero-order valence-corrected chi connectivity index (χ0v) is 15.7. The van der Waals surface area contributed by atoms with Gasteiger partial charge in [0.15, 0.2) is 5.82 Å². The minimum atomic E-state index is -0.272. The van der Waals surface area contributed by atoms with E-state index in [0.29, 0.717) is 5.82 Å². The zero-order valence-electron chi connectivity index (χ0n) is 15.7. The van der Waals surface area contributed by atoms with Gasteiger partial charge in [-0.05, 0) is 37.6 Å². The summed E-state index contributed by atoms with van der Waals surface area (Å²) in [5, 5.41) is 4.69. The Balaban J connectivity index is 2.01. The molecule has 0 saturated heterocycles. The lowest BCUT2D eigenvalue weighted by molar-refractivity contribution is 0.628. The van der Waals surface area contributed by atoms with Crippen molar-refractivity contribution in [3.05, 3.63) is 65.6 Å². The van der Waals surface area contributed by atoms with Gasteiger partial charge in [-0.25, -0.2) is 14.4 Å². The van der Waals surface area contributed by atoms with Crippen molar-refractivity contribution in [2.45, 2.75) is 26.7 Å². The molecule has 0 aliphatic carbocycles. The van der Waals surface area contributed by atoms with Crippen molar-refractivity contribution >= 4 is 11.0 Å². The van der Waals surface area contributed by atoms with Crippen molar-refractivity contribution < 1.29 is 4.39 Å². The number of halogens is 1. The van der Waals surface area contributed by atoms with Crippen LogP contribution in [0.5, 0.6) is 0 Å². The summed E-state index contributed by atoms with van der Waals surface area (Å²) in [7, 11) is 1.93. The van der Waals surface area contributed by atoms with Crippen LogP contribution < -0.4 is 0 Å². The minimum Gasteiger partial charge on any atom is -0.264 e. The van der Waals surface area contributed by atoms with Gasteiger partial charge in [-0.1, -0.05) is 43.2 Å². The van der Waals surface area contributed by atoms with Gasteiger partial charge in [0.2, 0.25) is 0 Å². The highest BCUT2D eigenvalue weighted by atomic mass is 19.1. The van der Waals surface area contributed by atoms with Gasteiger partial charge in [-0.15, -0.1) is 0 Å². The first-order chi connectivity index (χ1) is 13.1. The standard InChI is InChI=1S/C22H21FN4/c1-4-5-18-20-21(27(3)26-18)19(15-8-6-14(2)7-9-15)24-22(25-20)16-10-12-17(23)13-11-16/h6-13H,4-5H2,1-3H3. The van der Waals surface area contributed by atoms with E-state index in [4.69, 9.17) is 9.97 Å². The molecule has 0 amide bonds. The Hall–Kier alpha value is -3.08. The lowest BCUT2D eigenvalue weighted by Gasteiger charge is -2.08. The molecule has 4 nitrogen and oxygen atoms in total. The highest BCUT2D eigenvalue weighted by Crippen LogP contribution is 2.31. The Kier molecular flexibility index (Phi) is 4.44. The highest BCUT2D eigenvalue weighted by molar-refractivity contribution is 5.92. The van der Waals surface area contributed by atoms with Crippen LogP contribution in [0.4, 0.5) is 4.39 Å². The maximum atomic E-state index is 13.4. The van der Waals surface area contributed by atoms with E-state index >= 15 is 0 Å². The van der Waals surface area contributed by atoms with Crippen LogP contribution in [0.15, 0.2) is 48.5 Å². The van der Waals surface area contributed by atoms with E-state index in [-0.39, 0.29) is 5.82 Å². The van der Waals surface area contributed by atoms with Crippen molar-refractivity contribution in [3.8, 4) is 22.6 Å². The lowest BCUT2D eigenvalue weighted by Crippen LogP contribution is -1.98. The molecule has 0 spiro atoms. The van der Waals surface area contributed by atoms with Gasteiger partial charge in [0, 0.05) is 18.2 Å². The summed E-state index contributed by atoms with van der Waals surface area (Å²) < 4.78 is 15.2. The summed E-state index contributed by atoms with van der Waals surface area (Å²) >= 11 is 0. The van der Waals surface area contributed by atoms with E-state index in [1.165, 1.54) is 17.7 Å². The third kappa shape index (κ3) is 3.21. The molecule has 4 aromatic rings. The van der Waals surface area contributed by atoms with E-state index in [9.17, 15) is 4.39 Å². The highest BCUT2D eigenvalue weighted by Gasteiger charge is 2.18. The van der Waals surface area contributed by atoms with Crippen LogP contribution in [0, 0.1) is 12.7 Å². The number of hydrogen-bond acceptors (Lipinski definition) is 3. The summed E-state index contributed by atoms with van der Waals surface area (Å²) in [5.41, 5.74) is 6.60. The number of aryl methyl sites for hydroxylation is 3. The Morgan fingerprint density at radius 2 is 1.59 bits per heavy atom. The molecule has 0 unspecified atom stereocenters. The second-order valence-electron chi connectivity index (χ2n) is 6.79. The normalized spacial score (nSPS) is 11.3. The fourth-order valence-corrected chi connectivity index (χ4v) is 3.29. The predicted molar refractivity (Wildman–Crippen MR) is 106 cm³/mol. The number of benzene rings is 2. The average molecular weight is 360 g/mol. The molecular formula is C22H21FN4. The summed E-state index contributed by atoms with van der Waals surface area (Å²) in [6.07, 6.45) is 1.84. The average Bonchev–Trinajstić information content (AvgIpc) is 2.98. The molecule has 4 rings (SSSR count). The lowest BCUT2D eigenvalue weighted by atomic mass is 10.1. The smallest absolute Gasteiger partial charge is 0.160 e. The van der Waals surface area contributed by atoms with Gasteiger partial charge in [0.25, 0.3) is 0 Å². The second kappa shape index (κ2) is 6.91. The number of fused-ring (bicyclic) bond motifs is 1. The monoisotopic (exact) mass is 360 g/mol. The molecule has 2 heterocycles. The largest absolute Gasteiger partial charge is 0.264 e. The zero-order chi connectivity index (χ0) is 19.0. The van der Waals surface area contributed by atoms with E-state index < -0.39 is 0 Å². The predicted octanol–water partition coefficient (Wildman–Crippen LogP) is 5.10. The van der Waals surface area contributed by atoms with Crippen molar-refractivity contribution in [2.24, 2.45) is 7.05 Å². The minimum absolute atomic E-state index is 0.272. The molecule has 0 aliphatic heterocycles. The SMILES string of the molecule is CCCc1nn(C)c2c(-c3ccc(C)cc3)nc(-c3ccc(F)cc3)nc12. The Bertz CT molecular complexity index is 1100. The Morgan fingerprint density at radius 3 is 2.26 bits per heavy atom. The molecule has 2 aromatic heterocycles. The molecule has 2 aromatic carbocycles. The van der Waals surface area contributed by atoms with Gasteiger partial charge >= 0.3 is 0 Å². The van der Waals surface area contributed by atoms with Gasteiger partial charge in [0.1, 0.15) is 22.5 Å². The van der Waals surface area contributed by atoms with Gasteiger partial charge in [-0.2, -0.15) is 5.10 Å². The molecule has 0 saturated carbocycles. The first-order valence-corrected chi connectivity index (χ1v) is 9.13. The van der Waals surface area contributed by atoms with Crippen molar-refractivity contribution in [1.82, 2.24) is 19.7 Å². The maximum absolute atomic E-state index is 13.4. The number of nitrogens with zero attached hydrogens (tertiary/aromatic N) is 4.